The molecule has 0 aliphatic carbocycles. The third-order valence-electron chi connectivity index (χ3n) is 2.61. The summed E-state index contributed by atoms with van der Waals surface area (Å²) in [7, 11) is 0. The van der Waals surface area contributed by atoms with E-state index in [0.29, 0.717) is 12.4 Å². The van der Waals surface area contributed by atoms with E-state index in [1.165, 1.54) is 18.5 Å². The summed E-state index contributed by atoms with van der Waals surface area (Å²) in [6, 6.07) is 8.18. The Morgan fingerprint density at radius 1 is 1.25 bits per heavy atom. The molecule has 20 heavy (non-hydrogen) atoms. The van der Waals surface area contributed by atoms with Gasteiger partial charge in [0.2, 0.25) is 0 Å². The van der Waals surface area contributed by atoms with E-state index in [1.807, 2.05) is 12.1 Å². The Morgan fingerprint density at radius 2 is 2.20 bits per heavy atom. The fraction of sp³-hybridized carbons (Fsp3) is 0.0769. The van der Waals surface area contributed by atoms with E-state index in [4.69, 9.17) is 4.74 Å². The van der Waals surface area contributed by atoms with Crippen molar-refractivity contribution in [2.45, 2.75) is 6.61 Å². The third-order valence-corrected chi connectivity index (χ3v) is 2.61. The van der Waals surface area contributed by atoms with Gasteiger partial charge in [0.25, 0.3) is 0 Å². The Morgan fingerprint density at radius 3 is 2.90 bits per heavy atom. The molecule has 2 aromatic heterocycles. The largest absolute Gasteiger partial charge is 0.489 e. The van der Waals surface area contributed by atoms with Crippen LogP contribution in [0.25, 0.3) is 5.69 Å². The van der Waals surface area contributed by atoms with Crippen molar-refractivity contribution in [3.8, 4) is 11.4 Å². The van der Waals surface area contributed by atoms with Crippen LogP contribution in [0.5, 0.6) is 5.75 Å². The lowest BCUT2D eigenvalue weighted by atomic mass is 10.3. The molecule has 7 heteroatoms. The monoisotopic (exact) mass is 271 g/mol. The van der Waals surface area contributed by atoms with Crippen LogP contribution in [0.15, 0.2) is 49.1 Å². The summed E-state index contributed by atoms with van der Waals surface area (Å²) in [5.41, 5.74) is 1.13. The number of hydrogen-bond acceptors (Lipinski definition) is 5. The lowest BCUT2D eigenvalue weighted by molar-refractivity contribution is 0.304. The SMILES string of the molecule is Fc1cc(OCc2cccnc2)ccc1-n1ncnn1. The van der Waals surface area contributed by atoms with Gasteiger partial charge in [0.15, 0.2) is 12.1 Å². The van der Waals surface area contributed by atoms with Crippen molar-refractivity contribution < 1.29 is 9.13 Å². The molecule has 2 heterocycles. The van der Waals surface area contributed by atoms with E-state index in [2.05, 4.69) is 20.4 Å². The highest BCUT2D eigenvalue weighted by molar-refractivity contribution is 5.37. The summed E-state index contributed by atoms with van der Waals surface area (Å²) >= 11 is 0. The maximum Gasteiger partial charge on any atom is 0.162 e. The van der Waals surface area contributed by atoms with E-state index in [-0.39, 0.29) is 5.69 Å². The number of nitrogens with zero attached hydrogens (tertiary/aromatic N) is 5. The zero-order valence-corrected chi connectivity index (χ0v) is 10.3. The van der Waals surface area contributed by atoms with Crippen molar-refractivity contribution in [3.63, 3.8) is 0 Å². The van der Waals surface area contributed by atoms with Gasteiger partial charge in [-0.25, -0.2) is 4.39 Å². The molecule has 3 aromatic rings. The van der Waals surface area contributed by atoms with E-state index < -0.39 is 5.82 Å². The summed E-state index contributed by atoms with van der Waals surface area (Å²) in [6.45, 7) is 0.328. The van der Waals surface area contributed by atoms with Crippen LogP contribution in [-0.4, -0.2) is 25.2 Å². The van der Waals surface area contributed by atoms with Gasteiger partial charge in [-0.2, -0.15) is 0 Å². The van der Waals surface area contributed by atoms with Crippen molar-refractivity contribution in [3.05, 3.63) is 60.4 Å². The van der Waals surface area contributed by atoms with Gasteiger partial charge in [-0.15, -0.1) is 15.0 Å². The van der Waals surface area contributed by atoms with Crippen LogP contribution in [0.2, 0.25) is 0 Å². The molecule has 0 N–H and O–H groups in total. The minimum absolute atomic E-state index is 0.219. The maximum absolute atomic E-state index is 13.9. The van der Waals surface area contributed by atoms with Crippen molar-refractivity contribution >= 4 is 0 Å². The second kappa shape index (κ2) is 5.43. The van der Waals surface area contributed by atoms with Crippen molar-refractivity contribution in [2.75, 3.05) is 0 Å². The number of aromatic nitrogens is 5. The second-order valence-corrected chi connectivity index (χ2v) is 3.99. The van der Waals surface area contributed by atoms with E-state index in [0.717, 1.165) is 10.4 Å². The molecular weight excluding hydrogens is 261 g/mol. The van der Waals surface area contributed by atoms with Crippen LogP contribution in [0.1, 0.15) is 5.56 Å². The van der Waals surface area contributed by atoms with Gasteiger partial charge in [0, 0.05) is 24.0 Å². The summed E-state index contributed by atoms with van der Waals surface area (Å²) in [6.07, 6.45) is 4.62. The molecule has 0 saturated heterocycles. The number of ether oxygens (including phenoxy) is 1. The van der Waals surface area contributed by atoms with Crippen LogP contribution < -0.4 is 4.74 Å². The lowest BCUT2D eigenvalue weighted by Gasteiger charge is -2.07. The quantitative estimate of drug-likeness (QED) is 0.723. The van der Waals surface area contributed by atoms with Gasteiger partial charge in [0.05, 0.1) is 0 Å². The summed E-state index contributed by atoms with van der Waals surface area (Å²) < 4.78 is 19.4. The Hall–Kier alpha value is -2.83. The normalized spacial score (nSPS) is 10.4. The number of benzene rings is 1. The first-order valence-electron chi connectivity index (χ1n) is 5.87. The van der Waals surface area contributed by atoms with E-state index in [1.54, 1.807) is 18.5 Å². The molecule has 0 radical (unpaired) electrons. The smallest absolute Gasteiger partial charge is 0.162 e. The van der Waals surface area contributed by atoms with Crippen molar-refractivity contribution in [1.82, 2.24) is 25.2 Å². The van der Waals surface area contributed by atoms with Crippen LogP contribution in [0.4, 0.5) is 4.39 Å². The Balaban J connectivity index is 1.74. The molecule has 0 saturated carbocycles. The molecule has 0 aliphatic rings. The molecule has 6 nitrogen and oxygen atoms in total. The maximum atomic E-state index is 13.9. The zero-order chi connectivity index (χ0) is 13.8. The number of tetrazole rings is 1. The minimum atomic E-state index is -0.480. The fourth-order valence-corrected chi connectivity index (χ4v) is 1.67. The molecule has 0 aliphatic heterocycles. The molecule has 0 fully saturated rings. The predicted octanol–water partition coefficient (Wildman–Crippen LogP) is 1.78. The van der Waals surface area contributed by atoms with Gasteiger partial charge < -0.3 is 4.74 Å². The Bertz CT molecular complexity index is 687. The van der Waals surface area contributed by atoms with Gasteiger partial charge in [0.1, 0.15) is 18.0 Å². The third kappa shape index (κ3) is 2.61. The molecule has 100 valence electrons. The fourth-order valence-electron chi connectivity index (χ4n) is 1.67. The first-order chi connectivity index (χ1) is 9.83. The lowest BCUT2D eigenvalue weighted by Crippen LogP contribution is -2.03. The summed E-state index contributed by atoms with van der Waals surface area (Å²) in [5.74, 6) is -0.0538. The Labute approximate surface area is 113 Å². The van der Waals surface area contributed by atoms with Gasteiger partial charge in [-0.05, 0) is 23.4 Å². The summed E-state index contributed by atoms with van der Waals surface area (Å²) in [4.78, 5) is 5.09. The first-order valence-corrected chi connectivity index (χ1v) is 5.87. The molecule has 0 unspecified atom stereocenters. The predicted molar refractivity (Wildman–Crippen MR) is 67.7 cm³/mol. The molecule has 0 bridgehead atoms. The topological polar surface area (TPSA) is 65.7 Å². The zero-order valence-electron chi connectivity index (χ0n) is 10.3. The first kappa shape index (κ1) is 12.2. The molecule has 0 atom stereocenters. The van der Waals surface area contributed by atoms with Crippen molar-refractivity contribution in [2.24, 2.45) is 0 Å². The number of rotatable bonds is 4. The number of hydrogen-bond donors (Lipinski definition) is 0. The average Bonchev–Trinajstić information content (AvgIpc) is 3.00. The Kier molecular flexibility index (Phi) is 3.32. The minimum Gasteiger partial charge on any atom is -0.489 e. The van der Waals surface area contributed by atoms with Crippen LogP contribution in [0, 0.1) is 5.82 Å². The summed E-state index contributed by atoms with van der Waals surface area (Å²) in [5, 5.41) is 10.9. The van der Waals surface area contributed by atoms with Gasteiger partial charge in [-0.1, -0.05) is 6.07 Å². The van der Waals surface area contributed by atoms with Gasteiger partial charge in [-0.3, -0.25) is 4.98 Å². The average molecular weight is 271 g/mol. The highest BCUT2D eigenvalue weighted by Crippen LogP contribution is 2.19. The second-order valence-electron chi connectivity index (χ2n) is 3.99. The van der Waals surface area contributed by atoms with Crippen LogP contribution in [-0.2, 0) is 6.61 Å². The number of pyridine rings is 1. The van der Waals surface area contributed by atoms with Crippen molar-refractivity contribution in [1.29, 1.82) is 0 Å². The molecule has 0 amide bonds. The molecule has 3 rings (SSSR count). The number of halogens is 1. The molecular formula is C13H10FN5O. The van der Waals surface area contributed by atoms with Crippen LogP contribution in [0.3, 0.4) is 0 Å². The highest BCUT2D eigenvalue weighted by atomic mass is 19.1. The van der Waals surface area contributed by atoms with Gasteiger partial charge >= 0.3 is 0 Å². The van der Waals surface area contributed by atoms with E-state index >= 15 is 0 Å². The highest BCUT2D eigenvalue weighted by Gasteiger charge is 2.08. The standard InChI is InChI=1S/C13H10FN5O/c14-12-6-11(20-8-10-2-1-5-15-7-10)3-4-13(12)19-17-9-16-18-19/h1-7,9H,8H2. The van der Waals surface area contributed by atoms with Crippen LogP contribution >= 0.6 is 0 Å². The molecule has 0 spiro atoms. The molecule has 1 aromatic carbocycles. The van der Waals surface area contributed by atoms with E-state index in [9.17, 15) is 4.39 Å².